The number of fused-ring (bicyclic) bond motifs is 1. The van der Waals surface area contributed by atoms with Crippen molar-refractivity contribution < 1.29 is 4.79 Å². The first-order chi connectivity index (χ1) is 13.2. The maximum atomic E-state index is 12.6. The molecule has 1 aliphatic heterocycles. The summed E-state index contributed by atoms with van der Waals surface area (Å²) in [6, 6.07) is 11.6. The highest BCUT2D eigenvalue weighted by molar-refractivity contribution is 5.87. The maximum absolute atomic E-state index is 12.6. The SMILES string of the molecule is C[C@@H](Nc1ccccc1)C(=O)N[C@@H]1CCCN(c2ncnc3[nH]ccc23)C1. The summed E-state index contributed by atoms with van der Waals surface area (Å²) >= 11 is 0. The lowest BCUT2D eigenvalue weighted by molar-refractivity contribution is -0.122. The van der Waals surface area contributed by atoms with Crippen LogP contribution in [0.15, 0.2) is 48.9 Å². The fourth-order valence-electron chi connectivity index (χ4n) is 3.57. The molecule has 0 bridgehead atoms. The van der Waals surface area contributed by atoms with E-state index < -0.39 is 0 Å². The fourth-order valence-corrected chi connectivity index (χ4v) is 3.57. The van der Waals surface area contributed by atoms with Crippen LogP contribution in [0.3, 0.4) is 0 Å². The largest absolute Gasteiger partial charge is 0.374 e. The summed E-state index contributed by atoms with van der Waals surface area (Å²) in [6.45, 7) is 3.57. The van der Waals surface area contributed by atoms with E-state index in [1.165, 1.54) is 0 Å². The number of amides is 1. The van der Waals surface area contributed by atoms with Crippen molar-refractivity contribution in [3.63, 3.8) is 0 Å². The van der Waals surface area contributed by atoms with E-state index in [-0.39, 0.29) is 18.0 Å². The highest BCUT2D eigenvalue weighted by Gasteiger charge is 2.25. The molecule has 1 saturated heterocycles. The quantitative estimate of drug-likeness (QED) is 0.648. The van der Waals surface area contributed by atoms with Crippen LogP contribution in [0.5, 0.6) is 0 Å². The van der Waals surface area contributed by atoms with E-state index in [1.54, 1.807) is 6.33 Å². The zero-order chi connectivity index (χ0) is 18.6. The van der Waals surface area contributed by atoms with Crippen molar-refractivity contribution >= 4 is 28.4 Å². The van der Waals surface area contributed by atoms with Crippen LogP contribution in [0.1, 0.15) is 19.8 Å². The van der Waals surface area contributed by atoms with Gasteiger partial charge in [-0.2, -0.15) is 0 Å². The third-order valence-corrected chi connectivity index (χ3v) is 4.95. The normalized spacial score (nSPS) is 18.3. The van der Waals surface area contributed by atoms with Crippen molar-refractivity contribution in [1.29, 1.82) is 0 Å². The molecule has 2 aromatic heterocycles. The molecule has 0 radical (unpaired) electrons. The zero-order valence-corrected chi connectivity index (χ0v) is 15.4. The molecule has 7 heteroatoms. The molecule has 1 aliphatic rings. The Morgan fingerprint density at radius 1 is 1.26 bits per heavy atom. The number of rotatable bonds is 5. The van der Waals surface area contributed by atoms with Gasteiger partial charge in [-0.3, -0.25) is 4.79 Å². The first kappa shape index (κ1) is 17.3. The van der Waals surface area contributed by atoms with Gasteiger partial charge in [0, 0.05) is 31.0 Å². The van der Waals surface area contributed by atoms with Crippen LogP contribution in [0, 0.1) is 0 Å². The Hall–Kier alpha value is -3.09. The molecule has 1 amide bonds. The highest BCUT2D eigenvalue weighted by Crippen LogP contribution is 2.25. The van der Waals surface area contributed by atoms with Crippen LogP contribution in [0.25, 0.3) is 11.0 Å². The number of para-hydroxylation sites is 1. The summed E-state index contributed by atoms with van der Waals surface area (Å²) in [5, 5.41) is 7.45. The molecule has 3 N–H and O–H groups in total. The van der Waals surface area contributed by atoms with E-state index in [4.69, 9.17) is 0 Å². The molecule has 3 aromatic rings. The first-order valence-corrected chi connectivity index (χ1v) is 9.36. The van der Waals surface area contributed by atoms with Gasteiger partial charge in [0.2, 0.25) is 5.91 Å². The maximum Gasteiger partial charge on any atom is 0.242 e. The number of hydrogen-bond donors (Lipinski definition) is 3. The predicted molar refractivity (Wildman–Crippen MR) is 107 cm³/mol. The molecule has 0 saturated carbocycles. The average molecular weight is 364 g/mol. The molecule has 7 nitrogen and oxygen atoms in total. The van der Waals surface area contributed by atoms with E-state index in [0.29, 0.717) is 0 Å². The third-order valence-electron chi connectivity index (χ3n) is 4.95. The van der Waals surface area contributed by atoms with Gasteiger partial charge in [-0.15, -0.1) is 0 Å². The van der Waals surface area contributed by atoms with E-state index in [1.807, 2.05) is 49.5 Å². The number of carbonyl (C=O) groups is 1. The van der Waals surface area contributed by atoms with Crippen molar-refractivity contribution in [2.45, 2.75) is 31.8 Å². The molecule has 0 aliphatic carbocycles. The Morgan fingerprint density at radius 2 is 2.11 bits per heavy atom. The third kappa shape index (κ3) is 3.86. The molecular weight excluding hydrogens is 340 g/mol. The van der Waals surface area contributed by atoms with Crippen LogP contribution in [-0.2, 0) is 4.79 Å². The van der Waals surface area contributed by atoms with Gasteiger partial charge < -0.3 is 20.5 Å². The minimum Gasteiger partial charge on any atom is -0.374 e. The first-order valence-electron chi connectivity index (χ1n) is 9.36. The number of anilines is 2. The van der Waals surface area contributed by atoms with Crippen LogP contribution >= 0.6 is 0 Å². The predicted octanol–water partition coefficient (Wildman–Crippen LogP) is 2.54. The number of piperidine rings is 1. The number of benzene rings is 1. The fraction of sp³-hybridized carbons (Fsp3) is 0.350. The standard InChI is InChI=1S/C20H24N6O/c1-14(24-15-6-3-2-4-7-15)20(27)25-16-8-5-11-26(12-16)19-17-9-10-21-18(17)22-13-23-19/h2-4,6-7,9-10,13-14,16,24H,5,8,11-12H2,1H3,(H,25,27)(H,21,22,23)/t14-,16-/m1/s1. The molecule has 4 rings (SSSR count). The number of nitrogens with one attached hydrogen (secondary N) is 3. The lowest BCUT2D eigenvalue weighted by Gasteiger charge is -2.34. The second-order valence-electron chi connectivity index (χ2n) is 6.96. The van der Waals surface area contributed by atoms with Gasteiger partial charge in [0.15, 0.2) is 0 Å². The van der Waals surface area contributed by atoms with Crippen molar-refractivity contribution in [3.05, 3.63) is 48.9 Å². The van der Waals surface area contributed by atoms with Gasteiger partial charge in [-0.1, -0.05) is 18.2 Å². The van der Waals surface area contributed by atoms with Crippen molar-refractivity contribution in [2.75, 3.05) is 23.3 Å². The Bertz CT molecular complexity index is 909. The lowest BCUT2D eigenvalue weighted by Crippen LogP contribution is -2.51. The summed E-state index contributed by atoms with van der Waals surface area (Å²) in [5.41, 5.74) is 1.79. The number of nitrogens with zero attached hydrogens (tertiary/aromatic N) is 3. The molecule has 140 valence electrons. The monoisotopic (exact) mass is 364 g/mol. The Morgan fingerprint density at radius 3 is 2.96 bits per heavy atom. The lowest BCUT2D eigenvalue weighted by atomic mass is 10.0. The van der Waals surface area contributed by atoms with Crippen molar-refractivity contribution in [1.82, 2.24) is 20.3 Å². The minimum absolute atomic E-state index is 0.0141. The second-order valence-corrected chi connectivity index (χ2v) is 6.96. The zero-order valence-electron chi connectivity index (χ0n) is 15.4. The van der Waals surface area contributed by atoms with Gasteiger partial charge in [0.05, 0.1) is 5.39 Å². The van der Waals surface area contributed by atoms with E-state index in [0.717, 1.165) is 48.5 Å². The van der Waals surface area contributed by atoms with E-state index in [2.05, 4.69) is 30.5 Å². The summed E-state index contributed by atoms with van der Waals surface area (Å²) in [6.07, 6.45) is 5.45. The Labute approximate surface area is 158 Å². The molecule has 3 heterocycles. The molecule has 1 fully saturated rings. The number of aromatic nitrogens is 3. The molecule has 2 atom stereocenters. The van der Waals surface area contributed by atoms with Gasteiger partial charge in [-0.25, -0.2) is 9.97 Å². The van der Waals surface area contributed by atoms with Crippen molar-refractivity contribution in [2.24, 2.45) is 0 Å². The average Bonchev–Trinajstić information content (AvgIpc) is 3.18. The molecule has 0 spiro atoms. The smallest absolute Gasteiger partial charge is 0.242 e. The van der Waals surface area contributed by atoms with Gasteiger partial charge in [-0.05, 0) is 38.0 Å². The Kier molecular flexibility index (Phi) is 4.91. The summed E-state index contributed by atoms with van der Waals surface area (Å²) in [5.74, 6) is 0.941. The van der Waals surface area contributed by atoms with E-state index >= 15 is 0 Å². The summed E-state index contributed by atoms with van der Waals surface area (Å²) in [7, 11) is 0. The van der Waals surface area contributed by atoms with Crippen LogP contribution in [-0.4, -0.2) is 46.0 Å². The topological polar surface area (TPSA) is 85.9 Å². The number of aromatic amines is 1. The highest BCUT2D eigenvalue weighted by atomic mass is 16.2. The van der Waals surface area contributed by atoms with Crippen LogP contribution in [0.2, 0.25) is 0 Å². The number of carbonyl (C=O) groups excluding carboxylic acids is 1. The van der Waals surface area contributed by atoms with Gasteiger partial charge in [0.1, 0.15) is 23.8 Å². The molecule has 27 heavy (non-hydrogen) atoms. The minimum atomic E-state index is -0.293. The molecule has 0 unspecified atom stereocenters. The van der Waals surface area contributed by atoms with Crippen LogP contribution in [0.4, 0.5) is 11.5 Å². The number of hydrogen-bond acceptors (Lipinski definition) is 5. The number of H-pyrrole nitrogens is 1. The van der Waals surface area contributed by atoms with Gasteiger partial charge in [0.25, 0.3) is 0 Å². The Balaban J connectivity index is 1.39. The van der Waals surface area contributed by atoms with Gasteiger partial charge >= 0.3 is 0 Å². The van der Waals surface area contributed by atoms with Crippen molar-refractivity contribution in [3.8, 4) is 0 Å². The summed E-state index contributed by atoms with van der Waals surface area (Å²) < 4.78 is 0. The molecular formula is C20H24N6O. The summed E-state index contributed by atoms with van der Waals surface area (Å²) in [4.78, 5) is 26.7. The second kappa shape index (κ2) is 7.65. The molecule has 1 aromatic carbocycles. The van der Waals surface area contributed by atoms with E-state index in [9.17, 15) is 4.79 Å². The van der Waals surface area contributed by atoms with Crippen LogP contribution < -0.4 is 15.5 Å².